The van der Waals surface area contributed by atoms with E-state index in [0.717, 1.165) is 54.9 Å². The van der Waals surface area contributed by atoms with Gasteiger partial charge in [-0.25, -0.2) is 0 Å². The first-order chi connectivity index (χ1) is 36.7. The van der Waals surface area contributed by atoms with Crippen LogP contribution < -0.4 is 20.4 Å². The maximum Gasteiger partial charge on any atom is 0.0546 e. The van der Waals surface area contributed by atoms with Crippen LogP contribution in [-0.2, 0) is 5.41 Å². The number of nitrogens with zero attached hydrogens (tertiary/aromatic N) is 3. The fraction of sp³-hybridized carbons (Fsp3) is 0.127. The van der Waals surface area contributed by atoms with Gasteiger partial charge in [-0.2, -0.15) is 0 Å². The number of allylic oxidation sites excluding steroid dienone is 16. The summed E-state index contributed by atoms with van der Waals surface area (Å²) >= 11 is 0. The van der Waals surface area contributed by atoms with E-state index in [0.29, 0.717) is 17.8 Å². The van der Waals surface area contributed by atoms with Gasteiger partial charge >= 0.3 is 0 Å². The molecule has 15 rings (SSSR count). The summed E-state index contributed by atoms with van der Waals surface area (Å²) in [5.41, 5.74) is 21.6. The minimum Gasteiger partial charge on any atom is -0.314 e. The smallest absolute Gasteiger partial charge is 0.0546 e. The molecule has 74 heavy (non-hydrogen) atoms. The number of aromatic nitrogens is 1. The summed E-state index contributed by atoms with van der Waals surface area (Å²) in [6.07, 6.45) is 38.2. The van der Waals surface area contributed by atoms with E-state index in [-0.39, 0.29) is 5.41 Å². The monoisotopic (exact) mass is 949 g/mol. The third kappa shape index (κ3) is 6.59. The standard InChI is InChI=1S/C71H55N3/c1-3-22-52(23-4-1)72(54-26-17-21-50(44-54)51-38-41-64-63-32-12-16-36-69(63)74(70(64)45-51)53-24-5-2-6-25-53)55-27-18-28-56(46-55)73(57-39-37-48-19-7-8-20-49(48)43-57)58-40-42-62-61-31-11-15-35-67(61)71(68(62)47-58)65-33-13-9-29-59(65)60-30-10-14-34-66(60)71/h1-9,11,13-15,17-29,31-42,44-47,49,61,67H,10,12,16,30,43H2. The van der Waals surface area contributed by atoms with Gasteiger partial charge in [0.2, 0.25) is 0 Å². The van der Waals surface area contributed by atoms with Crippen LogP contribution in [0.15, 0.2) is 260 Å². The van der Waals surface area contributed by atoms with E-state index >= 15 is 0 Å². The van der Waals surface area contributed by atoms with Crippen LogP contribution in [0.25, 0.3) is 45.4 Å². The highest BCUT2D eigenvalue weighted by Gasteiger charge is 2.57. The van der Waals surface area contributed by atoms with E-state index in [4.69, 9.17) is 0 Å². The molecule has 3 heteroatoms. The van der Waals surface area contributed by atoms with E-state index in [2.05, 4.69) is 269 Å². The Bertz CT molecular complexity index is 4020. The Labute approximate surface area is 433 Å². The molecule has 354 valence electrons. The molecule has 0 N–H and O–H groups in total. The Morgan fingerprint density at radius 3 is 2.18 bits per heavy atom. The van der Waals surface area contributed by atoms with Crippen molar-refractivity contribution in [2.45, 2.75) is 43.4 Å². The summed E-state index contributed by atoms with van der Waals surface area (Å²) in [7, 11) is 0. The van der Waals surface area contributed by atoms with Crippen molar-refractivity contribution in [1.29, 1.82) is 0 Å². The van der Waals surface area contributed by atoms with Crippen molar-refractivity contribution in [3.8, 4) is 16.8 Å². The van der Waals surface area contributed by atoms with Crippen molar-refractivity contribution in [2.24, 2.45) is 11.8 Å². The van der Waals surface area contributed by atoms with Gasteiger partial charge in [-0.15, -0.1) is 0 Å². The van der Waals surface area contributed by atoms with Gasteiger partial charge in [0.1, 0.15) is 0 Å². The van der Waals surface area contributed by atoms with Crippen LogP contribution in [0.2, 0.25) is 0 Å². The number of hydrogen-bond acceptors (Lipinski definition) is 2. The SMILES string of the molecule is C1=CC2=CC=C(N(c3cccc(N(c4ccccc4)c4cccc(-c5ccc6c7c(n(-c8ccccc8)c6c5)=CCCC=7)c4)c3)c3ccc4c(c3)C3(C5=C(CCC=C5)c5ccccc53)C3C=CC=CC43)CC2C=C1. The zero-order valence-electron chi connectivity index (χ0n) is 41.4. The number of rotatable bonds is 8. The van der Waals surface area contributed by atoms with Gasteiger partial charge in [0, 0.05) is 73.5 Å². The Hall–Kier alpha value is -8.66. The third-order valence-electron chi connectivity index (χ3n) is 17.1. The molecule has 7 aliphatic carbocycles. The fourth-order valence-corrected chi connectivity index (χ4v) is 14.0. The molecule has 4 atom stereocenters. The first-order valence-electron chi connectivity index (χ1n) is 26.7. The number of para-hydroxylation sites is 2. The lowest BCUT2D eigenvalue weighted by molar-refractivity contribution is 0.462. The summed E-state index contributed by atoms with van der Waals surface area (Å²) in [5.74, 6) is 0.896. The second-order valence-corrected chi connectivity index (χ2v) is 20.9. The zero-order valence-corrected chi connectivity index (χ0v) is 41.4. The van der Waals surface area contributed by atoms with Crippen LogP contribution >= 0.6 is 0 Å². The first kappa shape index (κ1) is 43.0. The van der Waals surface area contributed by atoms with Crippen molar-refractivity contribution in [2.75, 3.05) is 9.80 Å². The number of anilines is 5. The molecular formula is C71H55N3. The second kappa shape index (κ2) is 17.2. The molecule has 0 amide bonds. The van der Waals surface area contributed by atoms with E-state index < -0.39 is 0 Å². The Kier molecular flexibility index (Phi) is 10.0. The molecule has 0 radical (unpaired) electrons. The van der Waals surface area contributed by atoms with Crippen molar-refractivity contribution < 1.29 is 0 Å². The molecule has 4 unspecified atom stereocenters. The van der Waals surface area contributed by atoms with Crippen molar-refractivity contribution >= 4 is 57.1 Å². The Morgan fingerprint density at radius 2 is 1.27 bits per heavy atom. The molecule has 0 bridgehead atoms. The molecule has 1 aromatic heterocycles. The van der Waals surface area contributed by atoms with E-state index in [1.165, 1.54) is 88.6 Å². The molecule has 0 aliphatic heterocycles. The van der Waals surface area contributed by atoms with E-state index in [1.54, 1.807) is 0 Å². The molecule has 1 spiro atoms. The van der Waals surface area contributed by atoms with Gasteiger partial charge < -0.3 is 14.4 Å². The summed E-state index contributed by atoms with van der Waals surface area (Å²) in [5, 5.41) is 3.94. The molecule has 0 saturated carbocycles. The highest BCUT2D eigenvalue weighted by molar-refractivity contribution is 5.91. The van der Waals surface area contributed by atoms with Crippen LogP contribution in [0.3, 0.4) is 0 Å². The predicted molar refractivity (Wildman–Crippen MR) is 309 cm³/mol. The lowest BCUT2D eigenvalue weighted by Gasteiger charge is -2.38. The van der Waals surface area contributed by atoms with Gasteiger partial charge in [-0.1, -0.05) is 176 Å². The van der Waals surface area contributed by atoms with Crippen LogP contribution in [0.5, 0.6) is 0 Å². The van der Waals surface area contributed by atoms with Crippen molar-refractivity contribution in [3.05, 3.63) is 292 Å². The zero-order chi connectivity index (χ0) is 48.7. The van der Waals surface area contributed by atoms with Crippen LogP contribution in [0.4, 0.5) is 28.4 Å². The molecule has 0 saturated heterocycles. The number of hydrogen-bond donors (Lipinski definition) is 0. The van der Waals surface area contributed by atoms with Crippen molar-refractivity contribution in [1.82, 2.24) is 4.57 Å². The minimum atomic E-state index is -0.279. The maximum atomic E-state index is 2.59. The average Bonchev–Trinajstić information content (AvgIpc) is 4.19. The molecule has 8 aromatic rings. The first-order valence-corrected chi connectivity index (χ1v) is 26.7. The van der Waals surface area contributed by atoms with Crippen LogP contribution in [0, 0.1) is 11.8 Å². The molecule has 3 nitrogen and oxygen atoms in total. The van der Waals surface area contributed by atoms with Crippen LogP contribution in [0.1, 0.15) is 60.3 Å². The average molecular weight is 950 g/mol. The van der Waals surface area contributed by atoms with Crippen LogP contribution in [-0.4, -0.2) is 4.57 Å². The summed E-state index contributed by atoms with van der Waals surface area (Å²) < 4.78 is 2.46. The van der Waals surface area contributed by atoms with Gasteiger partial charge in [0.25, 0.3) is 0 Å². The lowest BCUT2D eigenvalue weighted by atomic mass is 9.64. The van der Waals surface area contributed by atoms with Gasteiger partial charge in [0.05, 0.1) is 10.9 Å². The summed E-state index contributed by atoms with van der Waals surface area (Å²) in [4.78, 5) is 5.00. The maximum absolute atomic E-state index is 2.59. The minimum absolute atomic E-state index is 0.279. The fourth-order valence-electron chi connectivity index (χ4n) is 14.0. The van der Waals surface area contributed by atoms with Crippen molar-refractivity contribution in [3.63, 3.8) is 0 Å². The molecule has 7 aromatic carbocycles. The Balaban J connectivity index is 0.886. The summed E-state index contributed by atoms with van der Waals surface area (Å²) in [6.45, 7) is 0. The van der Waals surface area contributed by atoms with Gasteiger partial charge in [0.15, 0.2) is 0 Å². The van der Waals surface area contributed by atoms with E-state index in [1.807, 2.05) is 0 Å². The van der Waals surface area contributed by atoms with Gasteiger partial charge in [-0.05, 0) is 161 Å². The normalized spacial score (nSPS) is 21.2. The van der Waals surface area contributed by atoms with E-state index in [9.17, 15) is 0 Å². The quantitative estimate of drug-likeness (QED) is 0.150. The number of fused-ring (bicyclic) bond motifs is 13. The second-order valence-electron chi connectivity index (χ2n) is 20.9. The highest BCUT2D eigenvalue weighted by atomic mass is 15.2. The molecule has 1 heterocycles. The van der Waals surface area contributed by atoms with Gasteiger partial charge in [-0.3, -0.25) is 0 Å². The Morgan fingerprint density at radius 1 is 0.527 bits per heavy atom. The molecular weight excluding hydrogens is 895 g/mol. The summed E-state index contributed by atoms with van der Waals surface area (Å²) in [6, 6.07) is 63.9. The third-order valence-corrected chi connectivity index (χ3v) is 17.1. The predicted octanol–water partition coefficient (Wildman–Crippen LogP) is 16.5. The molecule has 0 fully saturated rings. The lowest BCUT2D eigenvalue weighted by Crippen LogP contribution is -2.34. The topological polar surface area (TPSA) is 11.4 Å². The highest BCUT2D eigenvalue weighted by Crippen LogP contribution is 2.66. The largest absolute Gasteiger partial charge is 0.314 e. The molecule has 7 aliphatic rings. The number of benzene rings is 7.